The molecule has 0 aliphatic heterocycles. The van der Waals surface area contributed by atoms with Crippen LogP contribution in [0, 0.1) is 23.2 Å². The Morgan fingerprint density at radius 3 is 2.95 bits per heavy atom. The molecular weight excluding hydrogens is 244 g/mol. The Labute approximate surface area is 122 Å². The van der Waals surface area contributed by atoms with Crippen molar-refractivity contribution in [2.45, 2.75) is 51.9 Å². The molecule has 4 unspecified atom stereocenters. The fraction of sp³-hybridized carbons (Fsp3) is 0.684. The van der Waals surface area contributed by atoms with Gasteiger partial charge in [-0.3, -0.25) is 0 Å². The molecule has 2 saturated carbocycles. The van der Waals surface area contributed by atoms with Crippen LogP contribution in [-0.2, 0) is 4.74 Å². The van der Waals surface area contributed by atoms with Crippen LogP contribution in [0.5, 0.6) is 0 Å². The van der Waals surface area contributed by atoms with Gasteiger partial charge in [0.25, 0.3) is 0 Å². The third-order valence-electron chi connectivity index (χ3n) is 6.94. The molecule has 0 saturated heterocycles. The van der Waals surface area contributed by atoms with E-state index in [1.807, 2.05) is 7.11 Å². The third-order valence-corrected chi connectivity index (χ3v) is 6.94. The number of hydrogen-bond donors (Lipinski definition) is 0. The molecule has 20 heavy (non-hydrogen) atoms. The minimum atomic E-state index is 0.447. The van der Waals surface area contributed by atoms with Crippen LogP contribution in [0.25, 0.3) is 0 Å². The fourth-order valence-electron chi connectivity index (χ4n) is 5.77. The van der Waals surface area contributed by atoms with Crippen molar-refractivity contribution in [2.24, 2.45) is 23.2 Å². The lowest BCUT2D eigenvalue weighted by Gasteiger charge is -2.35. The molecule has 4 aliphatic carbocycles. The normalized spacial score (nSPS) is 43.0. The highest BCUT2D eigenvalue weighted by Gasteiger charge is 2.56. The SMILES string of the molecule is C=C1CCC2C3CCC4=C(CC=C(OC)C4)C3CC12C. The van der Waals surface area contributed by atoms with Crippen LogP contribution in [0.1, 0.15) is 51.9 Å². The van der Waals surface area contributed by atoms with Crippen molar-refractivity contribution in [1.29, 1.82) is 0 Å². The minimum Gasteiger partial charge on any atom is -0.501 e. The van der Waals surface area contributed by atoms with E-state index in [2.05, 4.69) is 19.6 Å². The first-order valence-corrected chi connectivity index (χ1v) is 8.25. The Morgan fingerprint density at radius 2 is 2.15 bits per heavy atom. The zero-order valence-electron chi connectivity index (χ0n) is 12.9. The molecule has 0 aromatic carbocycles. The Kier molecular flexibility index (Phi) is 2.71. The van der Waals surface area contributed by atoms with E-state index in [1.165, 1.54) is 37.9 Å². The Morgan fingerprint density at radius 1 is 1.30 bits per heavy atom. The third kappa shape index (κ3) is 1.55. The maximum atomic E-state index is 5.48. The van der Waals surface area contributed by atoms with Crippen LogP contribution in [0.2, 0.25) is 0 Å². The largest absolute Gasteiger partial charge is 0.501 e. The predicted octanol–water partition coefficient (Wildman–Crippen LogP) is 5.01. The Balaban J connectivity index is 1.65. The topological polar surface area (TPSA) is 9.23 Å². The molecule has 0 aromatic heterocycles. The maximum Gasteiger partial charge on any atom is 0.0959 e. The summed E-state index contributed by atoms with van der Waals surface area (Å²) >= 11 is 0. The zero-order valence-corrected chi connectivity index (χ0v) is 12.9. The maximum absolute atomic E-state index is 5.48. The van der Waals surface area contributed by atoms with Crippen molar-refractivity contribution >= 4 is 0 Å². The van der Waals surface area contributed by atoms with Crippen LogP contribution in [-0.4, -0.2) is 7.11 Å². The molecule has 108 valence electrons. The molecule has 0 heterocycles. The van der Waals surface area contributed by atoms with E-state index in [9.17, 15) is 0 Å². The molecule has 0 amide bonds. The van der Waals surface area contributed by atoms with Crippen molar-refractivity contribution in [2.75, 3.05) is 7.11 Å². The minimum absolute atomic E-state index is 0.447. The van der Waals surface area contributed by atoms with Crippen molar-refractivity contribution in [3.63, 3.8) is 0 Å². The smallest absolute Gasteiger partial charge is 0.0959 e. The summed E-state index contributed by atoms with van der Waals surface area (Å²) in [5.74, 6) is 3.90. The standard InChI is InChI=1S/C19H26O/c1-12-4-9-18-16-7-5-13-10-14(20-3)6-8-15(13)17(16)11-19(12,18)2/h6,16-18H,1,4-5,7-11H2,2-3H3. The second-order valence-electron chi connectivity index (χ2n) is 7.56. The van der Waals surface area contributed by atoms with E-state index in [4.69, 9.17) is 4.74 Å². The zero-order chi connectivity index (χ0) is 13.9. The number of rotatable bonds is 1. The first kappa shape index (κ1) is 12.7. The summed E-state index contributed by atoms with van der Waals surface area (Å²) in [6.45, 7) is 6.91. The lowest BCUT2D eigenvalue weighted by atomic mass is 9.70. The van der Waals surface area contributed by atoms with Gasteiger partial charge in [0, 0.05) is 6.42 Å². The van der Waals surface area contributed by atoms with Gasteiger partial charge >= 0.3 is 0 Å². The van der Waals surface area contributed by atoms with Crippen LogP contribution in [0.3, 0.4) is 0 Å². The molecule has 1 nitrogen and oxygen atoms in total. The van der Waals surface area contributed by atoms with Gasteiger partial charge in [-0.05, 0) is 67.8 Å². The first-order chi connectivity index (χ1) is 9.63. The highest BCUT2D eigenvalue weighted by atomic mass is 16.5. The Hall–Kier alpha value is -0.980. The summed E-state index contributed by atoms with van der Waals surface area (Å²) < 4.78 is 5.48. The molecule has 0 N–H and O–H groups in total. The highest BCUT2D eigenvalue weighted by Crippen LogP contribution is 2.65. The first-order valence-electron chi connectivity index (χ1n) is 8.25. The quantitative estimate of drug-likeness (QED) is 0.609. The molecule has 4 aliphatic rings. The number of fused-ring (bicyclic) bond motifs is 4. The molecular formula is C19H26O. The monoisotopic (exact) mass is 270 g/mol. The van der Waals surface area contributed by atoms with Crippen molar-refractivity contribution in [3.8, 4) is 0 Å². The predicted molar refractivity (Wildman–Crippen MR) is 82.2 cm³/mol. The van der Waals surface area contributed by atoms with Gasteiger partial charge in [-0.1, -0.05) is 30.2 Å². The number of hydrogen-bond acceptors (Lipinski definition) is 1. The van der Waals surface area contributed by atoms with Crippen LogP contribution in [0.15, 0.2) is 35.1 Å². The van der Waals surface area contributed by atoms with Gasteiger partial charge in [0.05, 0.1) is 12.9 Å². The van der Waals surface area contributed by atoms with Gasteiger partial charge in [-0.2, -0.15) is 0 Å². The Bertz CT molecular complexity index is 524. The lowest BCUT2D eigenvalue weighted by molar-refractivity contribution is 0.241. The number of allylic oxidation sites excluding steroid dienone is 4. The fourth-order valence-corrected chi connectivity index (χ4v) is 5.77. The molecule has 0 radical (unpaired) electrons. The van der Waals surface area contributed by atoms with E-state index in [1.54, 1.807) is 16.7 Å². The van der Waals surface area contributed by atoms with Crippen LogP contribution in [0.4, 0.5) is 0 Å². The summed E-state index contributed by atoms with van der Waals surface area (Å²) in [4.78, 5) is 0. The molecule has 2 fully saturated rings. The van der Waals surface area contributed by atoms with E-state index in [0.29, 0.717) is 5.41 Å². The molecule has 0 bridgehead atoms. The van der Waals surface area contributed by atoms with Gasteiger partial charge in [-0.15, -0.1) is 0 Å². The van der Waals surface area contributed by atoms with E-state index < -0.39 is 0 Å². The van der Waals surface area contributed by atoms with E-state index >= 15 is 0 Å². The van der Waals surface area contributed by atoms with Crippen LogP contribution >= 0.6 is 0 Å². The molecule has 4 atom stereocenters. The van der Waals surface area contributed by atoms with Gasteiger partial charge in [0.15, 0.2) is 0 Å². The summed E-state index contributed by atoms with van der Waals surface area (Å²) in [6, 6.07) is 0. The van der Waals surface area contributed by atoms with Crippen molar-refractivity contribution < 1.29 is 4.74 Å². The summed E-state index contributed by atoms with van der Waals surface area (Å²) in [6.07, 6.45) is 11.3. The highest BCUT2D eigenvalue weighted by molar-refractivity contribution is 5.35. The molecule has 0 spiro atoms. The number of methoxy groups -OCH3 is 1. The summed E-state index contributed by atoms with van der Waals surface area (Å²) in [5.41, 5.74) is 5.48. The molecule has 4 rings (SSSR count). The van der Waals surface area contributed by atoms with Gasteiger partial charge in [0.1, 0.15) is 0 Å². The van der Waals surface area contributed by atoms with Crippen molar-refractivity contribution in [3.05, 3.63) is 35.1 Å². The summed E-state index contributed by atoms with van der Waals surface area (Å²) in [7, 11) is 1.81. The lowest BCUT2D eigenvalue weighted by Crippen LogP contribution is -2.24. The number of ether oxygens (including phenoxy) is 1. The average molecular weight is 270 g/mol. The van der Waals surface area contributed by atoms with Gasteiger partial charge in [-0.25, -0.2) is 0 Å². The van der Waals surface area contributed by atoms with Crippen molar-refractivity contribution in [1.82, 2.24) is 0 Å². The van der Waals surface area contributed by atoms with Gasteiger partial charge in [0.2, 0.25) is 0 Å². The van der Waals surface area contributed by atoms with Gasteiger partial charge < -0.3 is 4.74 Å². The molecule has 0 aromatic rings. The van der Waals surface area contributed by atoms with E-state index in [-0.39, 0.29) is 0 Å². The average Bonchev–Trinajstić information content (AvgIpc) is 2.91. The van der Waals surface area contributed by atoms with Crippen LogP contribution < -0.4 is 0 Å². The summed E-state index contributed by atoms with van der Waals surface area (Å²) in [5, 5.41) is 0. The van der Waals surface area contributed by atoms with E-state index in [0.717, 1.165) is 30.6 Å². The second kappa shape index (κ2) is 4.26. The molecule has 1 heteroatoms. The second-order valence-corrected chi connectivity index (χ2v) is 7.56.